The van der Waals surface area contributed by atoms with Crippen LogP contribution in [0.4, 0.5) is 0 Å². The van der Waals surface area contributed by atoms with E-state index in [4.69, 9.17) is 16.3 Å². The van der Waals surface area contributed by atoms with Gasteiger partial charge in [-0.2, -0.15) is 5.10 Å². The summed E-state index contributed by atoms with van der Waals surface area (Å²) in [4.78, 5) is 11.7. The molecule has 2 N–H and O–H groups in total. The van der Waals surface area contributed by atoms with E-state index in [1.807, 2.05) is 6.92 Å². The maximum Gasteiger partial charge on any atom is 0.268 e. The van der Waals surface area contributed by atoms with E-state index in [1.165, 1.54) is 0 Å². The highest BCUT2D eigenvalue weighted by molar-refractivity contribution is 6.30. The highest BCUT2D eigenvalue weighted by atomic mass is 35.5. The molecule has 0 atom stereocenters. The number of aromatic nitrogens is 2. The molecule has 2 aromatic rings. The Kier molecular flexibility index (Phi) is 4.76. The van der Waals surface area contributed by atoms with Gasteiger partial charge in [-0.15, -0.1) is 0 Å². The molecule has 0 bridgehead atoms. The number of H-pyrrole nitrogens is 1. The second-order valence-corrected chi connectivity index (χ2v) is 4.67. The van der Waals surface area contributed by atoms with E-state index < -0.39 is 0 Å². The fourth-order valence-corrected chi connectivity index (χ4v) is 2.03. The number of ether oxygens (including phenoxy) is 1. The number of rotatable bonds is 5. The molecule has 0 amide bonds. The average molecular weight is 294 g/mol. The van der Waals surface area contributed by atoms with E-state index >= 15 is 0 Å². The first-order valence-electron chi connectivity index (χ1n) is 6.29. The molecule has 0 fully saturated rings. The van der Waals surface area contributed by atoms with Crippen LogP contribution in [0, 0.1) is 0 Å². The Labute approximate surface area is 121 Å². The van der Waals surface area contributed by atoms with Crippen molar-refractivity contribution >= 4 is 11.6 Å². The van der Waals surface area contributed by atoms with E-state index in [2.05, 4.69) is 15.5 Å². The van der Waals surface area contributed by atoms with Crippen molar-refractivity contribution in [2.24, 2.45) is 0 Å². The Bertz CT molecular complexity index is 655. The molecule has 0 aliphatic rings. The molecule has 5 nitrogen and oxygen atoms in total. The molecule has 1 heterocycles. The van der Waals surface area contributed by atoms with E-state index in [0.717, 1.165) is 12.1 Å². The zero-order valence-corrected chi connectivity index (χ0v) is 12.1. The largest absolute Gasteiger partial charge is 0.496 e. The predicted molar refractivity (Wildman–Crippen MR) is 79.2 cm³/mol. The standard InChI is InChI=1S/C14H16ClN3O2/c1-3-16-8-9-6-12(17-18-14(9)19)11-7-10(15)4-5-13(11)20-2/h4-7,16H,3,8H2,1-2H3,(H,18,19). The van der Waals surface area contributed by atoms with Crippen LogP contribution in [-0.2, 0) is 6.54 Å². The first-order valence-corrected chi connectivity index (χ1v) is 6.66. The minimum atomic E-state index is -0.198. The van der Waals surface area contributed by atoms with Crippen molar-refractivity contribution in [1.82, 2.24) is 15.5 Å². The van der Waals surface area contributed by atoms with Gasteiger partial charge in [-0.05, 0) is 30.8 Å². The van der Waals surface area contributed by atoms with Gasteiger partial charge >= 0.3 is 0 Å². The molecule has 2 rings (SSSR count). The van der Waals surface area contributed by atoms with Gasteiger partial charge in [0, 0.05) is 22.7 Å². The molecule has 6 heteroatoms. The van der Waals surface area contributed by atoms with Gasteiger partial charge in [0.2, 0.25) is 0 Å². The third-order valence-corrected chi connectivity index (χ3v) is 3.12. The van der Waals surface area contributed by atoms with Crippen molar-refractivity contribution in [2.45, 2.75) is 13.5 Å². The molecule has 0 radical (unpaired) electrons. The third kappa shape index (κ3) is 3.18. The zero-order valence-electron chi connectivity index (χ0n) is 11.4. The number of nitrogens with zero attached hydrogens (tertiary/aromatic N) is 1. The second-order valence-electron chi connectivity index (χ2n) is 4.23. The minimum Gasteiger partial charge on any atom is -0.496 e. The lowest BCUT2D eigenvalue weighted by atomic mass is 10.1. The van der Waals surface area contributed by atoms with Crippen LogP contribution >= 0.6 is 11.6 Å². The SMILES string of the molecule is CCNCc1cc(-c2cc(Cl)ccc2OC)n[nH]c1=O. The van der Waals surface area contributed by atoms with Crippen molar-refractivity contribution in [3.8, 4) is 17.0 Å². The van der Waals surface area contributed by atoms with Gasteiger partial charge < -0.3 is 10.1 Å². The van der Waals surface area contributed by atoms with Crippen LogP contribution in [0.1, 0.15) is 12.5 Å². The van der Waals surface area contributed by atoms with Gasteiger partial charge in [-0.3, -0.25) is 4.79 Å². The Morgan fingerprint density at radius 1 is 1.40 bits per heavy atom. The molecule has 106 valence electrons. The van der Waals surface area contributed by atoms with E-state index in [-0.39, 0.29) is 5.56 Å². The highest BCUT2D eigenvalue weighted by Gasteiger charge is 2.10. The summed E-state index contributed by atoms with van der Waals surface area (Å²) in [6.45, 7) is 3.26. The molecule has 0 aliphatic heterocycles. The van der Waals surface area contributed by atoms with Gasteiger partial charge in [-0.25, -0.2) is 5.10 Å². The summed E-state index contributed by atoms with van der Waals surface area (Å²) in [5, 5.41) is 10.3. The fraction of sp³-hybridized carbons (Fsp3) is 0.286. The van der Waals surface area contributed by atoms with Crippen LogP contribution in [-0.4, -0.2) is 23.9 Å². The summed E-state index contributed by atoms with van der Waals surface area (Å²) in [6.07, 6.45) is 0. The van der Waals surface area contributed by atoms with Crippen molar-refractivity contribution < 1.29 is 4.74 Å². The van der Waals surface area contributed by atoms with Crippen molar-refractivity contribution in [1.29, 1.82) is 0 Å². The Balaban J connectivity index is 2.47. The van der Waals surface area contributed by atoms with Crippen molar-refractivity contribution in [2.75, 3.05) is 13.7 Å². The van der Waals surface area contributed by atoms with Crippen LogP contribution in [0.2, 0.25) is 5.02 Å². The normalized spacial score (nSPS) is 10.6. The van der Waals surface area contributed by atoms with Crippen molar-refractivity contribution in [3.63, 3.8) is 0 Å². The fourth-order valence-electron chi connectivity index (χ4n) is 1.85. The summed E-state index contributed by atoms with van der Waals surface area (Å²) in [5.74, 6) is 0.656. The first kappa shape index (κ1) is 14.6. The summed E-state index contributed by atoms with van der Waals surface area (Å²) in [5.41, 5.74) is 1.79. The summed E-state index contributed by atoms with van der Waals surface area (Å²) in [7, 11) is 1.58. The highest BCUT2D eigenvalue weighted by Crippen LogP contribution is 2.30. The molecular weight excluding hydrogens is 278 g/mol. The Morgan fingerprint density at radius 2 is 2.20 bits per heavy atom. The van der Waals surface area contributed by atoms with Gasteiger partial charge in [-0.1, -0.05) is 18.5 Å². The third-order valence-electron chi connectivity index (χ3n) is 2.88. The minimum absolute atomic E-state index is 0.198. The van der Waals surface area contributed by atoms with Gasteiger partial charge in [0.1, 0.15) is 5.75 Å². The quantitative estimate of drug-likeness (QED) is 0.887. The van der Waals surface area contributed by atoms with E-state index in [9.17, 15) is 4.79 Å². The first-order chi connectivity index (χ1) is 9.65. The number of hydrogen-bond acceptors (Lipinski definition) is 4. The number of nitrogens with one attached hydrogen (secondary N) is 2. The lowest BCUT2D eigenvalue weighted by molar-refractivity contribution is 0.416. The lowest BCUT2D eigenvalue weighted by Crippen LogP contribution is -2.21. The molecule has 20 heavy (non-hydrogen) atoms. The molecule has 0 spiro atoms. The van der Waals surface area contributed by atoms with Crippen molar-refractivity contribution in [3.05, 3.63) is 45.2 Å². The summed E-state index contributed by atoms with van der Waals surface area (Å²) < 4.78 is 5.30. The number of methoxy groups -OCH3 is 1. The Hall–Kier alpha value is -1.85. The van der Waals surface area contributed by atoms with Gasteiger partial charge in [0.25, 0.3) is 5.56 Å². The number of hydrogen-bond donors (Lipinski definition) is 2. The van der Waals surface area contributed by atoms with Crippen LogP contribution in [0.3, 0.4) is 0 Å². The van der Waals surface area contributed by atoms with Gasteiger partial charge in [0.15, 0.2) is 0 Å². The summed E-state index contributed by atoms with van der Waals surface area (Å²) >= 11 is 6.01. The topological polar surface area (TPSA) is 67.0 Å². The number of halogens is 1. The van der Waals surface area contributed by atoms with Crippen LogP contribution in [0.15, 0.2) is 29.1 Å². The second kappa shape index (κ2) is 6.54. The number of benzene rings is 1. The van der Waals surface area contributed by atoms with Gasteiger partial charge in [0.05, 0.1) is 12.8 Å². The molecular formula is C14H16ClN3O2. The maximum atomic E-state index is 11.7. The smallest absolute Gasteiger partial charge is 0.268 e. The Morgan fingerprint density at radius 3 is 2.90 bits per heavy atom. The maximum absolute atomic E-state index is 11.7. The monoisotopic (exact) mass is 293 g/mol. The van der Waals surface area contributed by atoms with Crippen LogP contribution < -0.4 is 15.6 Å². The van der Waals surface area contributed by atoms with Crippen LogP contribution in [0.5, 0.6) is 5.75 Å². The summed E-state index contributed by atoms with van der Waals surface area (Å²) in [6, 6.07) is 7.03. The molecule has 1 aromatic carbocycles. The molecule has 0 saturated carbocycles. The number of aromatic amines is 1. The van der Waals surface area contributed by atoms with E-state index in [1.54, 1.807) is 31.4 Å². The molecule has 0 saturated heterocycles. The molecule has 1 aromatic heterocycles. The van der Waals surface area contributed by atoms with E-state index in [0.29, 0.717) is 28.6 Å². The lowest BCUT2D eigenvalue weighted by Gasteiger charge is -2.09. The average Bonchev–Trinajstić information content (AvgIpc) is 2.46. The molecule has 0 unspecified atom stereocenters. The zero-order chi connectivity index (χ0) is 14.5. The molecule has 0 aliphatic carbocycles. The predicted octanol–water partition coefficient (Wildman–Crippen LogP) is 2.21. The van der Waals surface area contributed by atoms with Crippen LogP contribution in [0.25, 0.3) is 11.3 Å².